The predicted molar refractivity (Wildman–Crippen MR) is 84.5 cm³/mol. The molecule has 5 nitrogen and oxygen atoms in total. The molecule has 2 aliphatic rings. The van der Waals surface area contributed by atoms with E-state index >= 15 is 0 Å². The Hall–Kier alpha value is -1.36. The van der Waals surface area contributed by atoms with Crippen LogP contribution in [0.15, 0.2) is 10.7 Å². The number of hydrogen-bond donors (Lipinski definition) is 0. The molecule has 1 aromatic heterocycles. The number of amides is 1. The van der Waals surface area contributed by atoms with E-state index < -0.39 is 0 Å². The van der Waals surface area contributed by atoms with Gasteiger partial charge in [0.1, 0.15) is 6.26 Å². The van der Waals surface area contributed by atoms with Crippen molar-refractivity contribution in [3.63, 3.8) is 0 Å². The molecule has 0 bridgehead atoms. The van der Waals surface area contributed by atoms with E-state index in [-0.39, 0.29) is 5.91 Å². The van der Waals surface area contributed by atoms with Crippen molar-refractivity contribution in [2.45, 2.75) is 58.5 Å². The zero-order chi connectivity index (χ0) is 15.5. The van der Waals surface area contributed by atoms with Crippen LogP contribution < -0.4 is 0 Å². The minimum atomic E-state index is 0.0227. The van der Waals surface area contributed by atoms with E-state index in [0.717, 1.165) is 44.9 Å². The maximum absolute atomic E-state index is 12.5. The van der Waals surface area contributed by atoms with Crippen LogP contribution in [0.4, 0.5) is 0 Å². The van der Waals surface area contributed by atoms with Gasteiger partial charge in [0.15, 0.2) is 5.69 Å². The Morgan fingerprint density at radius 1 is 1.23 bits per heavy atom. The van der Waals surface area contributed by atoms with E-state index in [4.69, 9.17) is 4.42 Å². The van der Waals surface area contributed by atoms with Crippen LogP contribution in [0.1, 0.15) is 62.3 Å². The SMILES string of the molecule is CC1CCN(Cc2nc(C(=O)N3CCCCC3C)co2)CC1. The summed E-state index contributed by atoms with van der Waals surface area (Å²) in [7, 11) is 0. The van der Waals surface area contributed by atoms with Gasteiger partial charge in [-0.3, -0.25) is 9.69 Å². The quantitative estimate of drug-likeness (QED) is 0.861. The minimum absolute atomic E-state index is 0.0227. The molecule has 22 heavy (non-hydrogen) atoms. The first-order valence-corrected chi connectivity index (χ1v) is 8.61. The van der Waals surface area contributed by atoms with Gasteiger partial charge < -0.3 is 9.32 Å². The molecule has 1 unspecified atom stereocenters. The molecule has 122 valence electrons. The van der Waals surface area contributed by atoms with Crippen molar-refractivity contribution in [2.24, 2.45) is 5.92 Å². The van der Waals surface area contributed by atoms with Crippen LogP contribution in [0.2, 0.25) is 0 Å². The first kappa shape index (κ1) is 15.5. The number of nitrogens with zero attached hydrogens (tertiary/aromatic N) is 3. The number of carbonyl (C=O) groups is 1. The summed E-state index contributed by atoms with van der Waals surface area (Å²) in [6, 6.07) is 0.310. The first-order valence-electron chi connectivity index (χ1n) is 8.61. The lowest BCUT2D eigenvalue weighted by molar-refractivity contribution is 0.0629. The number of oxazole rings is 1. The molecule has 2 saturated heterocycles. The van der Waals surface area contributed by atoms with E-state index in [1.165, 1.54) is 25.5 Å². The Bertz CT molecular complexity index is 506. The number of rotatable bonds is 3. The Kier molecular flexibility index (Phi) is 4.81. The van der Waals surface area contributed by atoms with Gasteiger partial charge in [0, 0.05) is 12.6 Å². The van der Waals surface area contributed by atoms with Crippen LogP contribution in [-0.2, 0) is 6.54 Å². The van der Waals surface area contributed by atoms with Gasteiger partial charge in [-0.2, -0.15) is 0 Å². The van der Waals surface area contributed by atoms with Crippen molar-refractivity contribution in [3.8, 4) is 0 Å². The number of likely N-dealkylation sites (tertiary alicyclic amines) is 2. The van der Waals surface area contributed by atoms with Gasteiger partial charge in [-0.15, -0.1) is 0 Å². The average molecular weight is 305 g/mol. The fraction of sp³-hybridized carbons (Fsp3) is 0.765. The Morgan fingerprint density at radius 3 is 2.73 bits per heavy atom. The Morgan fingerprint density at radius 2 is 2.00 bits per heavy atom. The van der Waals surface area contributed by atoms with E-state index in [2.05, 4.69) is 23.7 Å². The highest BCUT2D eigenvalue weighted by molar-refractivity contribution is 5.92. The third-order valence-electron chi connectivity index (χ3n) is 5.07. The summed E-state index contributed by atoms with van der Waals surface area (Å²) in [6.07, 6.45) is 7.39. The summed E-state index contributed by atoms with van der Waals surface area (Å²) in [4.78, 5) is 21.3. The van der Waals surface area contributed by atoms with Gasteiger partial charge in [0.25, 0.3) is 5.91 Å². The second kappa shape index (κ2) is 6.82. The molecule has 3 rings (SSSR count). The zero-order valence-electron chi connectivity index (χ0n) is 13.8. The standard InChI is InChI=1S/C17H27N3O2/c1-13-6-9-19(10-7-13)11-16-18-15(12-22-16)17(21)20-8-4-3-5-14(20)2/h12-14H,3-11H2,1-2H3. The Balaban J connectivity index is 1.59. The topological polar surface area (TPSA) is 49.6 Å². The van der Waals surface area contributed by atoms with Gasteiger partial charge >= 0.3 is 0 Å². The van der Waals surface area contributed by atoms with Gasteiger partial charge in [-0.05, 0) is 58.0 Å². The molecule has 3 heterocycles. The second-order valence-electron chi connectivity index (χ2n) is 6.93. The van der Waals surface area contributed by atoms with Crippen molar-refractivity contribution in [2.75, 3.05) is 19.6 Å². The van der Waals surface area contributed by atoms with Crippen molar-refractivity contribution in [1.82, 2.24) is 14.8 Å². The summed E-state index contributed by atoms with van der Waals surface area (Å²) >= 11 is 0. The molecule has 0 spiro atoms. The van der Waals surface area contributed by atoms with E-state index in [1.54, 1.807) is 0 Å². The third-order valence-corrected chi connectivity index (χ3v) is 5.07. The second-order valence-corrected chi connectivity index (χ2v) is 6.93. The third kappa shape index (κ3) is 3.51. The monoisotopic (exact) mass is 305 g/mol. The molecule has 0 radical (unpaired) electrons. The lowest BCUT2D eigenvalue weighted by Crippen LogP contribution is -2.42. The molecular formula is C17H27N3O2. The summed E-state index contributed by atoms with van der Waals surface area (Å²) in [5, 5.41) is 0. The molecule has 5 heteroatoms. The summed E-state index contributed by atoms with van der Waals surface area (Å²) in [5.41, 5.74) is 0.467. The van der Waals surface area contributed by atoms with Crippen molar-refractivity contribution < 1.29 is 9.21 Å². The molecule has 0 saturated carbocycles. The Labute approximate surface area is 132 Å². The number of aromatic nitrogens is 1. The molecule has 1 atom stereocenters. The maximum Gasteiger partial charge on any atom is 0.276 e. The van der Waals surface area contributed by atoms with Crippen molar-refractivity contribution >= 4 is 5.91 Å². The van der Waals surface area contributed by atoms with Gasteiger partial charge in [0.05, 0.1) is 6.54 Å². The summed E-state index contributed by atoms with van der Waals surface area (Å²) < 4.78 is 5.54. The molecule has 0 N–H and O–H groups in total. The minimum Gasteiger partial charge on any atom is -0.447 e. The molecule has 2 aliphatic heterocycles. The van der Waals surface area contributed by atoms with E-state index in [1.807, 2.05) is 4.90 Å². The number of piperidine rings is 2. The molecule has 1 aromatic rings. The average Bonchev–Trinajstić information content (AvgIpc) is 2.98. The lowest BCUT2D eigenvalue weighted by atomic mass is 9.99. The zero-order valence-corrected chi connectivity index (χ0v) is 13.8. The van der Waals surface area contributed by atoms with Crippen LogP contribution in [0.25, 0.3) is 0 Å². The van der Waals surface area contributed by atoms with Gasteiger partial charge in [-0.25, -0.2) is 4.98 Å². The van der Waals surface area contributed by atoms with Crippen molar-refractivity contribution in [1.29, 1.82) is 0 Å². The van der Waals surface area contributed by atoms with Crippen LogP contribution in [-0.4, -0.2) is 46.4 Å². The molecule has 1 amide bonds. The van der Waals surface area contributed by atoms with Crippen LogP contribution in [0.3, 0.4) is 0 Å². The highest BCUT2D eigenvalue weighted by atomic mass is 16.3. The van der Waals surface area contributed by atoms with Crippen molar-refractivity contribution in [3.05, 3.63) is 17.8 Å². The van der Waals surface area contributed by atoms with Crippen LogP contribution in [0.5, 0.6) is 0 Å². The number of hydrogen-bond acceptors (Lipinski definition) is 4. The van der Waals surface area contributed by atoms with Crippen LogP contribution >= 0.6 is 0 Å². The van der Waals surface area contributed by atoms with Gasteiger partial charge in [-0.1, -0.05) is 6.92 Å². The smallest absolute Gasteiger partial charge is 0.276 e. The number of carbonyl (C=O) groups excluding carboxylic acids is 1. The summed E-state index contributed by atoms with van der Waals surface area (Å²) in [5.74, 6) is 1.51. The predicted octanol–water partition coefficient (Wildman–Crippen LogP) is 2.92. The van der Waals surface area contributed by atoms with E-state index in [0.29, 0.717) is 17.6 Å². The van der Waals surface area contributed by atoms with Crippen LogP contribution in [0, 0.1) is 5.92 Å². The lowest BCUT2D eigenvalue weighted by Gasteiger charge is -2.32. The summed E-state index contributed by atoms with van der Waals surface area (Å²) in [6.45, 7) is 8.17. The van der Waals surface area contributed by atoms with E-state index in [9.17, 15) is 4.79 Å². The largest absolute Gasteiger partial charge is 0.447 e. The van der Waals surface area contributed by atoms with Gasteiger partial charge in [0.2, 0.25) is 5.89 Å². The normalized spacial score (nSPS) is 24.6. The highest BCUT2D eigenvalue weighted by Crippen LogP contribution is 2.20. The molecule has 2 fully saturated rings. The molecular weight excluding hydrogens is 278 g/mol. The fourth-order valence-corrected chi connectivity index (χ4v) is 3.44. The maximum atomic E-state index is 12.5. The first-order chi connectivity index (χ1) is 10.6. The molecule has 0 aromatic carbocycles. The fourth-order valence-electron chi connectivity index (χ4n) is 3.44. The molecule has 0 aliphatic carbocycles. The highest BCUT2D eigenvalue weighted by Gasteiger charge is 2.27.